The van der Waals surface area contributed by atoms with E-state index in [4.69, 9.17) is 15.9 Å². The number of fused-ring (bicyclic) bond motifs is 1. The number of unbranched alkanes of at least 4 members (excludes halogenated alkanes) is 1. The average molecular weight is 437 g/mol. The van der Waals surface area contributed by atoms with Gasteiger partial charge < -0.3 is 26.5 Å². The fraction of sp³-hybridized carbons (Fsp3) is 0.292. The number of rotatable bonds is 9. The zero-order valence-electron chi connectivity index (χ0n) is 18.0. The first-order valence-corrected chi connectivity index (χ1v) is 10.6. The molecule has 0 aliphatic carbocycles. The summed E-state index contributed by atoms with van der Waals surface area (Å²) in [5, 5.41) is 6.07. The highest BCUT2D eigenvalue weighted by Gasteiger charge is 2.20. The summed E-state index contributed by atoms with van der Waals surface area (Å²) < 4.78 is 5.47. The number of nitrogens with one attached hydrogen (secondary N) is 2. The molecule has 1 heterocycles. The molecule has 0 fully saturated rings. The van der Waals surface area contributed by atoms with Crippen LogP contribution in [-0.4, -0.2) is 30.4 Å². The number of hydrogen-bond donors (Lipinski definition) is 4. The summed E-state index contributed by atoms with van der Waals surface area (Å²) in [4.78, 5) is 37.1. The zero-order valence-corrected chi connectivity index (χ0v) is 18.0. The van der Waals surface area contributed by atoms with Crippen molar-refractivity contribution in [3.8, 4) is 11.1 Å². The van der Waals surface area contributed by atoms with Crippen LogP contribution in [0, 0.1) is 0 Å². The maximum Gasteiger partial charge on any atom is 0.344 e. The van der Waals surface area contributed by atoms with E-state index in [0.29, 0.717) is 29.8 Å². The predicted octanol–water partition coefficient (Wildman–Crippen LogP) is 2.36. The molecule has 3 aromatic rings. The molecule has 0 unspecified atom stereocenters. The molecule has 0 saturated heterocycles. The van der Waals surface area contributed by atoms with Crippen molar-refractivity contribution in [1.29, 1.82) is 0 Å². The van der Waals surface area contributed by atoms with Gasteiger partial charge in [0.2, 0.25) is 11.8 Å². The van der Waals surface area contributed by atoms with Gasteiger partial charge in [0, 0.05) is 17.1 Å². The number of anilines is 1. The Morgan fingerprint density at radius 2 is 1.78 bits per heavy atom. The first kappa shape index (κ1) is 23.2. The Hall–Kier alpha value is -3.49. The third kappa shape index (κ3) is 5.81. The Bertz CT molecular complexity index is 1140. The number of benzene rings is 2. The molecule has 2 amide bonds. The van der Waals surface area contributed by atoms with Gasteiger partial charge >= 0.3 is 5.63 Å². The molecule has 0 aliphatic heterocycles. The van der Waals surface area contributed by atoms with Crippen LogP contribution in [0.15, 0.2) is 63.8 Å². The van der Waals surface area contributed by atoms with Crippen molar-refractivity contribution in [1.82, 2.24) is 5.32 Å². The summed E-state index contributed by atoms with van der Waals surface area (Å²) in [6, 6.07) is 14.6. The van der Waals surface area contributed by atoms with Crippen molar-refractivity contribution >= 4 is 28.5 Å². The smallest absolute Gasteiger partial charge is 0.344 e. The second-order valence-electron chi connectivity index (χ2n) is 7.68. The minimum atomic E-state index is -0.786. The van der Waals surface area contributed by atoms with Crippen molar-refractivity contribution in [2.45, 2.75) is 38.3 Å². The van der Waals surface area contributed by atoms with Gasteiger partial charge in [-0.25, -0.2) is 4.79 Å². The molecule has 32 heavy (non-hydrogen) atoms. The number of carbonyl (C=O) groups excluding carboxylic acids is 2. The number of amides is 2. The molecule has 2 aromatic carbocycles. The third-order valence-electron chi connectivity index (χ3n) is 5.15. The summed E-state index contributed by atoms with van der Waals surface area (Å²) in [6.45, 7) is 2.12. The average Bonchev–Trinajstić information content (AvgIpc) is 2.79. The number of carbonyl (C=O) groups is 2. The van der Waals surface area contributed by atoms with E-state index in [1.54, 1.807) is 31.2 Å². The van der Waals surface area contributed by atoms with Crippen molar-refractivity contribution in [3.05, 3.63) is 65.0 Å². The van der Waals surface area contributed by atoms with E-state index in [-0.39, 0.29) is 5.91 Å². The van der Waals surface area contributed by atoms with E-state index in [0.717, 1.165) is 23.8 Å². The lowest BCUT2D eigenvalue weighted by Crippen LogP contribution is -2.48. The number of hydrogen-bond acceptors (Lipinski definition) is 6. The minimum Gasteiger partial charge on any atom is -0.422 e. The Labute approximate surface area is 186 Å². The SMILES string of the molecule is C[C@H](NC(=O)[C@@H](N)CCCCN)C(=O)Nc1ccc2cc(-c3ccccc3)c(=O)oc2c1. The highest BCUT2D eigenvalue weighted by atomic mass is 16.4. The van der Waals surface area contributed by atoms with Crippen molar-refractivity contribution in [3.63, 3.8) is 0 Å². The molecular formula is C24H28N4O4. The van der Waals surface area contributed by atoms with Crippen LogP contribution in [0.5, 0.6) is 0 Å². The molecule has 0 bridgehead atoms. The summed E-state index contributed by atoms with van der Waals surface area (Å²) in [5.74, 6) is -0.794. The van der Waals surface area contributed by atoms with Crippen LogP contribution in [-0.2, 0) is 9.59 Å². The van der Waals surface area contributed by atoms with Gasteiger partial charge in [0.25, 0.3) is 0 Å². The molecule has 0 spiro atoms. The van der Waals surface area contributed by atoms with Gasteiger partial charge in [0.15, 0.2) is 0 Å². The van der Waals surface area contributed by atoms with Crippen molar-refractivity contribution < 1.29 is 14.0 Å². The Balaban J connectivity index is 1.67. The molecule has 0 radical (unpaired) electrons. The fourth-order valence-corrected chi connectivity index (χ4v) is 3.28. The maximum absolute atomic E-state index is 12.5. The zero-order chi connectivity index (χ0) is 23.1. The van der Waals surface area contributed by atoms with Crippen molar-refractivity contribution in [2.75, 3.05) is 11.9 Å². The van der Waals surface area contributed by atoms with E-state index in [1.165, 1.54) is 0 Å². The Kier molecular flexibility index (Phi) is 7.75. The number of nitrogens with two attached hydrogens (primary N) is 2. The van der Waals surface area contributed by atoms with Crippen LogP contribution in [0.25, 0.3) is 22.1 Å². The van der Waals surface area contributed by atoms with E-state index in [2.05, 4.69) is 10.6 Å². The van der Waals surface area contributed by atoms with Gasteiger partial charge in [0.05, 0.1) is 11.6 Å². The van der Waals surface area contributed by atoms with Gasteiger partial charge in [-0.2, -0.15) is 0 Å². The first-order chi connectivity index (χ1) is 15.4. The predicted molar refractivity (Wildman–Crippen MR) is 125 cm³/mol. The second-order valence-corrected chi connectivity index (χ2v) is 7.68. The Morgan fingerprint density at radius 3 is 2.50 bits per heavy atom. The van der Waals surface area contributed by atoms with Gasteiger partial charge in [-0.05, 0) is 50.1 Å². The van der Waals surface area contributed by atoms with Gasteiger partial charge in [-0.1, -0.05) is 36.8 Å². The van der Waals surface area contributed by atoms with Crippen LogP contribution in [0.4, 0.5) is 5.69 Å². The molecule has 1 aromatic heterocycles. The maximum atomic E-state index is 12.5. The molecule has 0 aliphatic rings. The molecule has 3 rings (SSSR count). The van der Waals surface area contributed by atoms with Crippen molar-refractivity contribution in [2.24, 2.45) is 11.5 Å². The molecule has 2 atom stereocenters. The molecular weight excluding hydrogens is 408 g/mol. The van der Waals surface area contributed by atoms with Crippen LogP contribution in [0.1, 0.15) is 26.2 Å². The summed E-state index contributed by atoms with van der Waals surface area (Å²) in [5.41, 5.74) is 12.9. The lowest BCUT2D eigenvalue weighted by Gasteiger charge is -2.17. The standard InChI is InChI=1S/C24H28N4O4/c1-15(27-23(30)20(26)9-5-6-12-25)22(29)28-18-11-10-17-13-19(16-7-3-2-4-8-16)24(31)32-21(17)14-18/h2-4,7-8,10-11,13-15,20H,5-6,9,12,25-26H2,1H3,(H,27,30)(H,28,29)/t15-,20-/m0/s1. The molecule has 8 heteroatoms. The highest BCUT2D eigenvalue weighted by molar-refractivity contribution is 5.98. The minimum absolute atomic E-state index is 0.353. The fourth-order valence-electron chi connectivity index (χ4n) is 3.28. The summed E-state index contributed by atoms with van der Waals surface area (Å²) in [6.07, 6.45) is 2.05. The third-order valence-corrected chi connectivity index (χ3v) is 5.15. The van der Waals surface area contributed by atoms with E-state index in [9.17, 15) is 14.4 Å². The lowest BCUT2D eigenvalue weighted by atomic mass is 10.1. The lowest BCUT2D eigenvalue weighted by molar-refractivity contribution is -0.127. The van der Waals surface area contributed by atoms with Crippen LogP contribution >= 0.6 is 0 Å². The monoisotopic (exact) mass is 436 g/mol. The van der Waals surface area contributed by atoms with Crippen LogP contribution < -0.4 is 27.7 Å². The van der Waals surface area contributed by atoms with E-state index in [1.807, 2.05) is 30.3 Å². The van der Waals surface area contributed by atoms with Crippen LogP contribution in [0.2, 0.25) is 0 Å². The van der Waals surface area contributed by atoms with Gasteiger partial charge in [0.1, 0.15) is 11.6 Å². The topological polar surface area (TPSA) is 140 Å². The molecule has 8 nitrogen and oxygen atoms in total. The second kappa shape index (κ2) is 10.7. The largest absolute Gasteiger partial charge is 0.422 e. The van der Waals surface area contributed by atoms with Gasteiger partial charge in [-0.15, -0.1) is 0 Å². The normalized spacial score (nSPS) is 12.8. The van der Waals surface area contributed by atoms with E-state index < -0.39 is 23.6 Å². The summed E-state index contributed by atoms with van der Waals surface area (Å²) in [7, 11) is 0. The molecule has 0 saturated carbocycles. The quantitative estimate of drug-likeness (QED) is 0.300. The molecule has 168 valence electrons. The highest BCUT2D eigenvalue weighted by Crippen LogP contribution is 2.23. The summed E-state index contributed by atoms with van der Waals surface area (Å²) >= 11 is 0. The Morgan fingerprint density at radius 1 is 1.03 bits per heavy atom. The van der Waals surface area contributed by atoms with E-state index >= 15 is 0 Å². The molecule has 6 N–H and O–H groups in total. The van der Waals surface area contributed by atoms with Crippen LogP contribution in [0.3, 0.4) is 0 Å². The first-order valence-electron chi connectivity index (χ1n) is 10.6. The van der Waals surface area contributed by atoms with Gasteiger partial charge in [-0.3, -0.25) is 9.59 Å².